The van der Waals surface area contributed by atoms with Crippen LogP contribution in [0.15, 0.2) is 12.7 Å². The summed E-state index contributed by atoms with van der Waals surface area (Å²) < 4.78 is 1.82. The van der Waals surface area contributed by atoms with Gasteiger partial charge in [0, 0.05) is 0 Å². The predicted octanol–water partition coefficient (Wildman–Crippen LogP) is 1.42. The Morgan fingerprint density at radius 2 is 2.27 bits per heavy atom. The largest absolute Gasteiger partial charge is 0.394 e. The van der Waals surface area contributed by atoms with E-state index in [-0.39, 0.29) is 12.6 Å². The summed E-state index contributed by atoms with van der Waals surface area (Å²) in [4.78, 5) is 12.1. The van der Waals surface area contributed by atoms with Gasteiger partial charge in [0.1, 0.15) is 11.8 Å². The number of halogens is 1. The molecule has 15 heavy (non-hydrogen) atoms. The molecule has 0 aromatic carbocycles. The van der Waals surface area contributed by atoms with Crippen molar-refractivity contribution in [2.45, 2.75) is 19.4 Å². The summed E-state index contributed by atoms with van der Waals surface area (Å²) >= 11 is 5.87. The summed E-state index contributed by atoms with van der Waals surface area (Å²) in [7, 11) is 0. The zero-order chi connectivity index (χ0) is 10.8. The standard InChI is InChI=1S/C9H11ClN4O/c1-2-6(3-15)14-5-13-7-8(10)11-4-12-9(7)14/h4-6,15H,2-3H2,1H3/t6-/m1/s1. The third-order valence-corrected chi connectivity index (χ3v) is 2.67. The van der Waals surface area contributed by atoms with Crippen LogP contribution < -0.4 is 0 Å². The minimum Gasteiger partial charge on any atom is -0.394 e. The average molecular weight is 227 g/mol. The highest BCUT2D eigenvalue weighted by Crippen LogP contribution is 2.21. The molecule has 0 saturated carbocycles. The highest BCUT2D eigenvalue weighted by Gasteiger charge is 2.14. The van der Waals surface area contributed by atoms with Gasteiger partial charge < -0.3 is 9.67 Å². The molecule has 0 fully saturated rings. The molecule has 0 aliphatic carbocycles. The molecule has 2 aromatic heterocycles. The normalized spacial score (nSPS) is 13.3. The first-order chi connectivity index (χ1) is 7.27. The number of fused-ring (bicyclic) bond motifs is 1. The molecule has 1 atom stereocenters. The van der Waals surface area contributed by atoms with Gasteiger partial charge in [0.2, 0.25) is 0 Å². The molecule has 0 spiro atoms. The summed E-state index contributed by atoms with van der Waals surface area (Å²) in [5, 5.41) is 9.54. The van der Waals surface area contributed by atoms with E-state index in [2.05, 4.69) is 15.0 Å². The Labute approximate surface area is 91.7 Å². The summed E-state index contributed by atoms with van der Waals surface area (Å²) in [6, 6.07) is -0.0130. The number of hydrogen-bond donors (Lipinski definition) is 1. The second-order valence-corrected chi connectivity index (χ2v) is 3.59. The minimum atomic E-state index is -0.0130. The summed E-state index contributed by atoms with van der Waals surface area (Å²) in [5.41, 5.74) is 1.24. The maximum Gasteiger partial charge on any atom is 0.165 e. The van der Waals surface area contributed by atoms with Crippen LogP contribution in [0.5, 0.6) is 0 Å². The van der Waals surface area contributed by atoms with Gasteiger partial charge in [-0.05, 0) is 6.42 Å². The SMILES string of the molecule is CC[C@H](CO)n1cnc2c(Cl)ncnc21. The van der Waals surface area contributed by atoms with E-state index in [1.54, 1.807) is 6.33 Å². The van der Waals surface area contributed by atoms with Crippen molar-refractivity contribution in [2.24, 2.45) is 0 Å². The van der Waals surface area contributed by atoms with Gasteiger partial charge in [0.05, 0.1) is 19.0 Å². The van der Waals surface area contributed by atoms with E-state index in [1.807, 2.05) is 11.5 Å². The molecular weight excluding hydrogens is 216 g/mol. The van der Waals surface area contributed by atoms with Gasteiger partial charge in [-0.1, -0.05) is 18.5 Å². The number of nitrogens with zero attached hydrogens (tertiary/aromatic N) is 4. The quantitative estimate of drug-likeness (QED) is 0.804. The van der Waals surface area contributed by atoms with E-state index in [1.165, 1.54) is 6.33 Å². The molecule has 2 rings (SSSR count). The second kappa shape index (κ2) is 4.12. The van der Waals surface area contributed by atoms with E-state index in [0.29, 0.717) is 16.3 Å². The fourth-order valence-corrected chi connectivity index (χ4v) is 1.68. The minimum absolute atomic E-state index is 0.0130. The maximum absolute atomic E-state index is 9.20. The zero-order valence-corrected chi connectivity index (χ0v) is 9.02. The summed E-state index contributed by atoms with van der Waals surface area (Å²) in [6.07, 6.45) is 3.84. The highest BCUT2D eigenvalue weighted by atomic mass is 35.5. The molecular formula is C9H11ClN4O. The Morgan fingerprint density at radius 3 is 2.93 bits per heavy atom. The lowest BCUT2D eigenvalue weighted by Crippen LogP contribution is -2.11. The van der Waals surface area contributed by atoms with Gasteiger partial charge in [0.25, 0.3) is 0 Å². The predicted molar refractivity (Wildman–Crippen MR) is 56.7 cm³/mol. The maximum atomic E-state index is 9.20. The first-order valence-corrected chi connectivity index (χ1v) is 5.09. The van der Waals surface area contributed by atoms with Gasteiger partial charge in [0.15, 0.2) is 10.8 Å². The number of aromatic nitrogens is 4. The molecule has 0 radical (unpaired) electrons. The highest BCUT2D eigenvalue weighted by molar-refractivity contribution is 6.33. The number of rotatable bonds is 3. The van der Waals surface area contributed by atoms with Crippen molar-refractivity contribution in [1.29, 1.82) is 0 Å². The van der Waals surface area contributed by atoms with Crippen LogP contribution in [0.3, 0.4) is 0 Å². The third kappa shape index (κ3) is 1.68. The molecule has 80 valence electrons. The summed E-state index contributed by atoms with van der Waals surface area (Å²) in [5.74, 6) is 0. The van der Waals surface area contributed by atoms with Crippen molar-refractivity contribution in [1.82, 2.24) is 19.5 Å². The van der Waals surface area contributed by atoms with Gasteiger partial charge in [-0.25, -0.2) is 15.0 Å². The van der Waals surface area contributed by atoms with Crippen LogP contribution in [0.25, 0.3) is 11.2 Å². The van der Waals surface area contributed by atoms with Gasteiger partial charge in [-0.15, -0.1) is 0 Å². The van der Waals surface area contributed by atoms with Gasteiger partial charge in [-0.2, -0.15) is 0 Å². The lowest BCUT2D eigenvalue weighted by Gasteiger charge is -2.13. The smallest absolute Gasteiger partial charge is 0.165 e. The fraction of sp³-hybridized carbons (Fsp3) is 0.444. The number of imidazole rings is 1. The molecule has 0 unspecified atom stereocenters. The Morgan fingerprint density at radius 1 is 1.47 bits per heavy atom. The van der Waals surface area contributed by atoms with Crippen LogP contribution in [0.1, 0.15) is 19.4 Å². The third-order valence-electron chi connectivity index (χ3n) is 2.39. The molecule has 6 heteroatoms. The molecule has 5 nitrogen and oxygen atoms in total. The lowest BCUT2D eigenvalue weighted by molar-refractivity contribution is 0.226. The Hall–Kier alpha value is -1.20. The van der Waals surface area contributed by atoms with Gasteiger partial charge in [-0.3, -0.25) is 0 Å². The van der Waals surface area contributed by atoms with Crippen LogP contribution in [0.4, 0.5) is 0 Å². The van der Waals surface area contributed by atoms with Crippen LogP contribution in [-0.2, 0) is 0 Å². The van der Waals surface area contributed by atoms with Crippen LogP contribution in [0.2, 0.25) is 5.15 Å². The molecule has 0 aliphatic heterocycles. The molecule has 2 aromatic rings. The zero-order valence-electron chi connectivity index (χ0n) is 8.26. The Bertz CT molecular complexity index is 466. The monoisotopic (exact) mass is 226 g/mol. The number of hydrogen-bond acceptors (Lipinski definition) is 4. The summed E-state index contributed by atoms with van der Waals surface area (Å²) in [6.45, 7) is 2.05. The Balaban J connectivity index is 2.58. The van der Waals surface area contributed by atoms with E-state index >= 15 is 0 Å². The first-order valence-electron chi connectivity index (χ1n) is 4.71. The molecule has 0 aliphatic rings. The molecule has 0 saturated heterocycles. The molecule has 2 heterocycles. The topological polar surface area (TPSA) is 63.8 Å². The van der Waals surface area contributed by atoms with Crippen LogP contribution in [-0.4, -0.2) is 31.2 Å². The molecule has 0 amide bonds. The van der Waals surface area contributed by atoms with E-state index in [0.717, 1.165) is 6.42 Å². The van der Waals surface area contributed by atoms with Crippen LogP contribution in [0, 0.1) is 0 Å². The molecule has 1 N–H and O–H groups in total. The van der Waals surface area contributed by atoms with Gasteiger partial charge >= 0.3 is 0 Å². The lowest BCUT2D eigenvalue weighted by atomic mass is 10.2. The van der Waals surface area contributed by atoms with E-state index in [9.17, 15) is 5.11 Å². The van der Waals surface area contributed by atoms with Crippen molar-refractivity contribution in [2.75, 3.05) is 6.61 Å². The molecule has 0 bridgehead atoms. The van der Waals surface area contributed by atoms with E-state index < -0.39 is 0 Å². The Kier molecular flexibility index (Phi) is 2.83. The van der Waals surface area contributed by atoms with E-state index in [4.69, 9.17) is 11.6 Å². The average Bonchev–Trinajstić information content (AvgIpc) is 2.66. The van der Waals surface area contributed by atoms with Crippen molar-refractivity contribution < 1.29 is 5.11 Å². The van der Waals surface area contributed by atoms with Crippen molar-refractivity contribution in [3.05, 3.63) is 17.8 Å². The fourth-order valence-electron chi connectivity index (χ4n) is 1.50. The second-order valence-electron chi connectivity index (χ2n) is 3.23. The van der Waals surface area contributed by atoms with Crippen molar-refractivity contribution in [3.8, 4) is 0 Å². The number of aliphatic hydroxyl groups is 1. The van der Waals surface area contributed by atoms with Crippen LogP contribution >= 0.6 is 11.6 Å². The first kappa shape index (κ1) is 10.3. The number of aliphatic hydroxyl groups excluding tert-OH is 1. The van der Waals surface area contributed by atoms with Crippen molar-refractivity contribution >= 4 is 22.8 Å². The van der Waals surface area contributed by atoms with Crippen molar-refractivity contribution in [3.63, 3.8) is 0 Å².